The van der Waals surface area contributed by atoms with E-state index in [1.807, 2.05) is 60.7 Å². The number of furan rings is 1. The molecule has 7 aromatic carbocycles. The molecule has 0 aliphatic heterocycles. The SMILES string of the molecule is CC1(C)c2ccccc2-c2ccc3ccc4cc(-c5nc(-c6ccccc6)nc(-c6cccc7oc8ccccc8c67)n5)ccc4c3c2C1(C)C. The second-order valence-electron chi connectivity index (χ2n) is 14.8. The lowest BCUT2D eigenvalue weighted by Gasteiger charge is -2.49. The molecule has 0 saturated heterocycles. The first-order valence-electron chi connectivity index (χ1n) is 17.6. The second kappa shape index (κ2) is 10.7. The van der Waals surface area contributed by atoms with Crippen LogP contribution < -0.4 is 0 Å². The standard InChI is InChI=1S/C47H35N3O/c1-46(2)37-18-10-8-15-33(37)34-26-23-28-21-22-30-27-31(24-25-32(30)40(28)42(34)47(46,3)4)44-48-43(29-13-6-5-7-14-29)49-45(50-44)36-17-12-20-39-41(36)35-16-9-11-19-38(35)51-39/h5-27H,1-4H3. The molecule has 9 aromatic rings. The maximum Gasteiger partial charge on any atom is 0.164 e. The predicted molar refractivity (Wildman–Crippen MR) is 210 cm³/mol. The largest absolute Gasteiger partial charge is 0.456 e. The highest BCUT2D eigenvalue weighted by Crippen LogP contribution is 2.56. The minimum atomic E-state index is -0.116. The molecular weight excluding hydrogens is 623 g/mol. The van der Waals surface area contributed by atoms with Crippen LogP contribution >= 0.6 is 0 Å². The third kappa shape index (κ3) is 4.29. The van der Waals surface area contributed by atoms with Crippen molar-refractivity contribution in [3.63, 3.8) is 0 Å². The van der Waals surface area contributed by atoms with E-state index >= 15 is 0 Å². The molecular formula is C47H35N3O. The van der Waals surface area contributed by atoms with Crippen molar-refractivity contribution in [2.24, 2.45) is 0 Å². The first-order valence-corrected chi connectivity index (χ1v) is 17.6. The Morgan fingerprint density at radius 3 is 1.96 bits per heavy atom. The van der Waals surface area contributed by atoms with Gasteiger partial charge in [-0.3, -0.25) is 0 Å². The average molecular weight is 658 g/mol. The zero-order valence-corrected chi connectivity index (χ0v) is 29.0. The van der Waals surface area contributed by atoms with Crippen molar-refractivity contribution >= 4 is 43.5 Å². The molecule has 1 aliphatic rings. The van der Waals surface area contributed by atoms with Crippen LogP contribution in [0.1, 0.15) is 38.8 Å². The third-order valence-corrected chi connectivity index (χ3v) is 11.6. The second-order valence-corrected chi connectivity index (χ2v) is 14.8. The molecule has 244 valence electrons. The van der Waals surface area contributed by atoms with Crippen LogP contribution in [0.5, 0.6) is 0 Å². The molecule has 0 radical (unpaired) electrons. The molecule has 2 heterocycles. The molecule has 0 amide bonds. The van der Waals surface area contributed by atoms with Crippen LogP contribution in [0.4, 0.5) is 0 Å². The van der Waals surface area contributed by atoms with Gasteiger partial charge in [0.05, 0.1) is 0 Å². The highest BCUT2D eigenvalue weighted by Gasteiger charge is 2.46. The molecule has 1 aliphatic carbocycles. The lowest BCUT2D eigenvalue weighted by atomic mass is 9.54. The summed E-state index contributed by atoms with van der Waals surface area (Å²) in [7, 11) is 0. The number of hydrogen-bond acceptors (Lipinski definition) is 4. The van der Waals surface area contributed by atoms with E-state index in [9.17, 15) is 0 Å². The van der Waals surface area contributed by atoms with Crippen molar-refractivity contribution in [1.82, 2.24) is 15.0 Å². The Hall–Kier alpha value is -6.13. The zero-order chi connectivity index (χ0) is 34.5. The monoisotopic (exact) mass is 657 g/mol. The predicted octanol–water partition coefficient (Wildman–Crippen LogP) is 12.3. The van der Waals surface area contributed by atoms with Crippen molar-refractivity contribution in [1.29, 1.82) is 0 Å². The van der Waals surface area contributed by atoms with Crippen molar-refractivity contribution in [3.8, 4) is 45.3 Å². The van der Waals surface area contributed by atoms with Crippen LogP contribution in [-0.2, 0) is 10.8 Å². The summed E-state index contributed by atoms with van der Waals surface area (Å²) in [6.45, 7) is 9.62. The molecule has 0 fully saturated rings. The quantitative estimate of drug-likeness (QED) is 0.177. The van der Waals surface area contributed by atoms with Gasteiger partial charge >= 0.3 is 0 Å². The minimum absolute atomic E-state index is 0.0642. The van der Waals surface area contributed by atoms with E-state index in [-0.39, 0.29) is 10.8 Å². The fourth-order valence-electron chi connectivity index (χ4n) is 8.38. The molecule has 0 spiro atoms. The highest BCUT2D eigenvalue weighted by molar-refractivity contribution is 6.13. The highest BCUT2D eigenvalue weighted by atomic mass is 16.3. The van der Waals surface area contributed by atoms with Crippen LogP contribution in [0.3, 0.4) is 0 Å². The molecule has 0 unspecified atom stereocenters. The van der Waals surface area contributed by atoms with E-state index in [0.29, 0.717) is 17.5 Å². The summed E-state index contributed by atoms with van der Waals surface area (Å²) in [4.78, 5) is 15.3. The maximum absolute atomic E-state index is 6.24. The van der Waals surface area contributed by atoms with Gasteiger partial charge in [-0.1, -0.05) is 149 Å². The van der Waals surface area contributed by atoms with Gasteiger partial charge in [-0.25, -0.2) is 15.0 Å². The Labute approximate surface area is 296 Å². The average Bonchev–Trinajstić information content (AvgIpc) is 3.56. The molecule has 0 saturated carbocycles. The van der Waals surface area contributed by atoms with E-state index in [1.54, 1.807) is 0 Å². The van der Waals surface area contributed by atoms with Crippen LogP contribution in [0.25, 0.3) is 88.8 Å². The van der Waals surface area contributed by atoms with Crippen LogP contribution in [-0.4, -0.2) is 15.0 Å². The summed E-state index contributed by atoms with van der Waals surface area (Å²) in [5.74, 6) is 1.89. The van der Waals surface area contributed by atoms with Gasteiger partial charge in [0.15, 0.2) is 17.5 Å². The number of aromatic nitrogens is 3. The van der Waals surface area contributed by atoms with Gasteiger partial charge in [-0.05, 0) is 67.4 Å². The van der Waals surface area contributed by atoms with E-state index < -0.39 is 0 Å². The molecule has 4 nitrogen and oxygen atoms in total. The molecule has 4 heteroatoms. The van der Waals surface area contributed by atoms with Gasteiger partial charge in [0.1, 0.15) is 11.2 Å². The van der Waals surface area contributed by atoms with Gasteiger partial charge in [0.25, 0.3) is 0 Å². The number of nitrogens with zero attached hydrogens (tertiary/aromatic N) is 3. The summed E-state index contributed by atoms with van der Waals surface area (Å²) in [6.07, 6.45) is 0. The maximum atomic E-state index is 6.24. The number of benzene rings is 7. The van der Waals surface area contributed by atoms with Crippen molar-refractivity contribution < 1.29 is 4.42 Å². The Bertz CT molecular complexity index is 2860. The number of hydrogen-bond donors (Lipinski definition) is 0. The topological polar surface area (TPSA) is 51.8 Å². The first kappa shape index (κ1) is 29.8. The number of rotatable bonds is 3. The third-order valence-electron chi connectivity index (χ3n) is 11.6. The van der Waals surface area contributed by atoms with Gasteiger partial charge in [0, 0.05) is 32.9 Å². The van der Waals surface area contributed by atoms with E-state index in [4.69, 9.17) is 19.4 Å². The van der Waals surface area contributed by atoms with Crippen molar-refractivity contribution in [2.75, 3.05) is 0 Å². The van der Waals surface area contributed by atoms with Gasteiger partial charge in [0.2, 0.25) is 0 Å². The van der Waals surface area contributed by atoms with Gasteiger partial charge in [-0.15, -0.1) is 0 Å². The molecule has 10 rings (SSSR count). The molecule has 0 atom stereocenters. The van der Waals surface area contributed by atoms with Gasteiger partial charge < -0.3 is 4.42 Å². The molecule has 2 aromatic heterocycles. The fourth-order valence-corrected chi connectivity index (χ4v) is 8.38. The number of para-hydroxylation sites is 1. The van der Waals surface area contributed by atoms with E-state index in [2.05, 4.69) is 107 Å². The smallest absolute Gasteiger partial charge is 0.164 e. The van der Waals surface area contributed by atoms with Crippen LogP contribution in [0.15, 0.2) is 144 Å². The lowest BCUT2D eigenvalue weighted by molar-refractivity contribution is 0.301. The zero-order valence-electron chi connectivity index (χ0n) is 29.0. The molecule has 0 bridgehead atoms. The Morgan fingerprint density at radius 2 is 1.10 bits per heavy atom. The van der Waals surface area contributed by atoms with Gasteiger partial charge in [-0.2, -0.15) is 0 Å². The number of fused-ring (bicyclic) bond motifs is 10. The lowest BCUT2D eigenvalue weighted by Crippen LogP contribution is -2.43. The first-order chi connectivity index (χ1) is 24.8. The summed E-state index contributed by atoms with van der Waals surface area (Å²) in [5.41, 5.74) is 9.76. The Kier molecular flexibility index (Phi) is 6.23. The van der Waals surface area contributed by atoms with E-state index in [0.717, 1.165) is 44.0 Å². The van der Waals surface area contributed by atoms with Crippen LogP contribution in [0.2, 0.25) is 0 Å². The summed E-state index contributed by atoms with van der Waals surface area (Å²) in [5, 5.41) is 7.03. The normalized spacial score (nSPS) is 14.6. The van der Waals surface area contributed by atoms with Crippen LogP contribution in [0, 0.1) is 0 Å². The van der Waals surface area contributed by atoms with Crippen molar-refractivity contribution in [3.05, 3.63) is 151 Å². The Balaban J connectivity index is 1.21. The molecule has 51 heavy (non-hydrogen) atoms. The summed E-state index contributed by atoms with van der Waals surface area (Å²) in [6, 6.07) is 49.1. The minimum Gasteiger partial charge on any atom is -0.456 e. The summed E-state index contributed by atoms with van der Waals surface area (Å²) < 4.78 is 6.24. The Morgan fingerprint density at radius 1 is 0.431 bits per heavy atom. The fraction of sp³-hybridized carbons (Fsp3) is 0.128. The molecule has 0 N–H and O–H groups in total. The van der Waals surface area contributed by atoms with Crippen molar-refractivity contribution in [2.45, 2.75) is 38.5 Å². The summed E-state index contributed by atoms with van der Waals surface area (Å²) >= 11 is 0. The van der Waals surface area contributed by atoms with E-state index in [1.165, 1.54) is 38.4 Å².